The van der Waals surface area contributed by atoms with Gasteiger partial charge in [-0.25, -0.2) is 4.98 Å². The zero-order valence-corrected chi connectivity index (χ0v) is 14.9. The van der Waals surface area contributed by atoms with E-state index in [-0.39, 0.29) is 5.69 Å². The molecule has 2 N–H and O–H groups in total. The molecule has 3 rings (SSSR count). The summed E-state index contributed by atoms with van der Waals surface area (Å²) in [5, 5.41) is 17.6. The maximum atomic E-state index is 11.1. The smallest absolute Gasteiger partial charge is 0.271 e. The largest absolute Gasteiger partial charge is 0.378 e. The monoisotopic (exact) mass is 374 g/mol. The average Bonchev–Trinajstić information content (AvgIpc) is 2.99. The van der Waals surface area contributed by atoms with E-state index in [2.05, 4.69) is 15.6 Å². The van der Waals surface area contributed by atoms with E-state index in [1.807, 2.05) is 31.2 Å². The number of rotatable bonds is 6. The molecule has 128 valence electrons. The minimum Gasteiger partial charge on any atom is -0.378 e. The third kappa shape index (κ3) is 4.46. The lowest BCUT2D eigenvalue weighted by Gasteiger charge is -2.14. The number of hydrogen-bond acceptors (Lipinski definition) is 6. The standard InChI is InChI=1S/C17H15ClN4O2S/c1-11-3-2-4-12(7-11)21-15-6-5-13(22(23)24)8-16(15)19-9-14-10-20-17(18)25-14/h2-8,10,19,21H,9H2,1H3. The highest BCUT2D eigenvalue weighted by Crippen LogP contribution is 2.31. The van der Waals surface area contributed by atoms with Crippen LogP contribution in [0.15, 0.2) is 48.7 Å². The molecular weight excluding hydrogens is 360 g/mol. The third-order valence-electron chi connectivity index (χ3n) is 3.49. The molecule has 0 aliphatic rings. The van der Waals surface area contributed by atoms with Gasteiger partial charge in [0.05, 0.1) is 22.8 Å². The van der Waals surface area contributed by atoms with Crippen LogP contribution in [0, 0.1) is 17.0 Å². The van der Waals surface area contributed by atoms with E-state index >= 15 is 0 Å². The molecular formula is C17H15ClN4O2S. The average molecular weight is 375 g/mol. The molecule has 8 heteroatoms. The van der Waals surface area contributed by atoms with Gasteiger partial charge in [-0.3, -0.25) is 10.1 Å². The first-order valence-electron chi connectivity index (χ1n) is 7.47. The summed E-state index contributed by atoms with van der Waals surface area (Å²) in [5.74, 6) is 0. The van der Waals surface area contributed by atoms with Crippen molar-refractivity contribution in [3.8, 4) is 0 Å². The van der Waals surface area contributed by atoms with E-state index in [9.17, 15) is 10.1 Å². The number of aryl methyl sites for hydroxylation is 1. The molecule has 0 amide bonds. The number of nitro benzene ring substituents is 1. The van der Waals surface area contributed by atoms with Crippen LogP contribution in [0.2, 0.25) is 4.47 Å². The van der Waals surface area contributed by atoms with Gasteiger partial charge in [0.1, 0.15) is 0 Å². The molecule has 2 aromatic carbocycles. The van der Waals surface area contributed by atoms with Crippen molar-refractivity contribution < 1.29 is 4.92 Å². The lowest BCUT2D eigenvalue weighted by Crippen LogP contribution is -2.03. The number of nitrogens with one attached hydrogen (secondary N) is 2. The number of nitrogens with zero attached hydrogens (tertiary/aromatic N) is 2. The fourth-order valence-electron chi connectivity index (χ4n) is 2.33. The Balaban J connectivity index is 1.86. The molecule has 0 fully saturated rings. The Bertz CT molecular complexity index is 913. The summed E-state index contributed by atoms with van der Waals surface area (Å²) < 4.78 is 0.467. The molecule has 0 aliphatic carbocycles. The number of non-ortho nitro benzene ring substituents is 1. The van der Waals surface area contributed by atoms with Gasteiger partial charge in [-0.15, -0.1) is 11.3 Å². The summed E-state index contributed by atoms with van der Waals surface area (Å²) >= 11 is 7.21. The van der Waals surface area contributed by atoms with Gasteiger partial charge in [0.25, 0.3) is 5.69 Å². The molecule has 0 aliphatic heterocycles. The van der Waals surface area contributed by atoms with Crippen LogP contribution in [0.1, 0.15) is 10.4 Å². The minimum atomic E-state index is -0.412. The predicted molar refractivity (Wildman–Crippen MR) is 102 cm³/mol. The maximum absolute atomic E-state index is 11.1. The molecule has 1 aromatic heterocycles. The second kappa shape index (κ2) is 7.50. The van der Waals surface area contributed by atoms with Crippen LogP contribution in [0.3, 0.4) is 0 Å². The van der Waals surface area contributed by atoms with Crippen molar-refractivity contribution in [3.63, 3.8) is 0 Å². The lowest BCUT2D eigenvalue weighted by molar-refractivity contribution is -0.384. The van der Waals surface area contributed by atoms with E-state index in [0.717, 1.165) is 21.8 Å². The Morgan fingerprint density at radius 2 is 2.08 bits per heavy atom. The Labute approximate surface area is 153 Å². The van der Waals surface area contributed by atoms with E-state index in [1.165, 1.54) is 23.5 Å². The predicted octanol–water partition coefficient (Wildman–Crippen LogP) is 5.37. The molecule has 0 bridgehead atoms. The molecule has 25 heavy (non-hydrogen) atoms. The van der Waals surface area contributed by atoms with Crippen molar-refractivity contribution >= 4 is 45.7 Å². The number of anilines is 3. The second-order valence-electron chi connectivity index (χ2n) is 5.41. The molecule has 0 saturated heterocycles. The number of hydrogen-bond donors (Lipinski definition) is 2. The fraction of sp³-hybridized carbons (Fsp3) is 0.118. The Morgan fingerprint density at radius 3 is 2.76 bits per heavy atom. The normalized spacial score (nSPS) is 10.5. The summed E-state index contributed by atoms with van der Waals surface area (Å²) in [7, 11) is 0. The van der Waals surface area contributed by atoms with Crippen molar-refractivity contribution in [2.45, 2.75) is 13.5 Å². The van der Waals surface area contributed by atoms with Crippen LogP contribution in [0.25, 0.3) is 0 Å². The van der Waals surface area contributed by atoms with Crippen LogP contribution >= 0.6 is 22.9 Å². The van der Waals surface area contributed by atoms with Crippen molar-refractivity contribution in [1.82, 2.24) is 4.98 Å². The first kappa shape index (κ1) is 17.2. The lowest BCUT2D eigenvalue weighted by atomic mass is 10.2. The number of aromatic nitrogens is 1. The number of halogens is 1. The topological polar surface area (TPSA) is 80.1 Å². The molecule has 0 spiro atoms. The molecule has 6 nitrogen and oxygen atoms in total. The minimum absolute atomic E-state index is 0.0274. The molecule has 0 atom stereocenters. The number of thiazole rings is 1. The van der Waals surface area contributed by atoms with Gasteiger partial charge in [-0.2, -0.15) is 0 Å². The van der Waals surface area contributed by atoms with E-state index in [1.54, 1.807) is 12.3 Å². The quantitative estimate of drug-likeness (QED) is 0.448. The van der Waals surface area contributed by atoms with E-state index < -0.39 is 4.92 Å². The van der Waals surface area contributed by atoms with Crippen molar-refractivity contribution in [1.29, 1.82) is 0 Å². The van der Waals surface area contributed by atoms with Gasteiger partial charge in [0, 0.05) is 28.9 Å². The summed E-state index contributed by atoms with van der Waals surface area (Å²) in [6.07, 6.45) is 1.69. The van der Waals surface area contributed by atoms with Crippen LogP contribution in [-0.2, 0) is 6.54 Å². The van der Waals surface area contributed by atoms with E-state index in [4.69, 9.17) is 11.6 Å². The maximum Gasteiger partial charge on any atom is 0.271 e. The molecule has 1 heterocycles. The fourth-order valence-corrected chi connectivity index (χ4v) is 3.24. The Morgan fingerprint density at radius 1 is 1.24 bits per heavy atom. The van der Waals surface area contributed by atoms with Gasteiger partial charge in [0.2, 0.25) is 0 Å². The van der Waals surface area contributed by atoms with Gasteiger partial charge in [-0.1, -0.05) is 23.7 Å². The highest BCUT2D eigenvalue weighted by molar-refractivity contribution is 7.15. The van der Waals surface area contributed by atoms with Gasteiger partial charge >= 0.3 is 0 Å². The number of benzene rings is 2. The first-order chi connectivity index (χ1) is 12.0. The zero-order chi connectivity index (χ0) is 17.8. The first-order valence-corrected chi connectivity index (χ1v) is 8.67. The number of nitro groups is 1. The third-order valence-corrected chi connectivity index (χ3v) is 4.60. The van der Waals surface area contributed by atoms with Crippen molar-refractivity contribution in [2.75, 3.05) is 10.6 Å². The van der Waals surface area contributed by atoms with Crippen LogP contribution in [-0.4, -0.2) is 9.91 Å². The Hall–Kier alpha value is -2.64. The van der Waals surface area contributed by atoms with Gasteiger partial charge in [-0.05, 0) is 30.7 Å². The van der Waals surface area contributed by atoms with Gasteiger partial charge < -0.3 is 10.6 Å². The summed E-state index contributed by atoms with van der Waals surface area (Å²) in [6, 6.07) is 12.6. The zero-order valence-electron chi connectivity index (χ0n) is 13.3. The summed E-state index contributed by atoms with van der Waals surface area (Å²) in [4.78, 5) is 15.6. The van der Waals surface area contributed by atoms with E-state index in [0.29, 0.717) is 16.7 Å². The highest BCUT2D eigenvalue weighted by atomic mass is 35.5. The van der Waals surface area contributed by atoms with Crippen LogP contribution in [0.4, 0.5) is 22.7 Å². The SMILES string of the molecule is Cc1cccc(Nc2ccc([N+](=O)[O-])cc2NCc2cnc(Cl)s2)c1. The molecule has 0 unspecified atom stereocenters. The van der Waals surface area contributed by atoms with Crippen molar-refractivity contribution in [2.24, 2.45) is 0 Å². The van der Waals surface area contributed by atoms with Crippen LogP contribution in [0.5, 0.6) is 0 Å². The summed E-state index contributed by atoms with van der Waals surface area (Å²) in [6.45, 7) is 2.49. The molecule has 0 saturated carbocycles. The molecule has 3 aromatic rings. The van der Waals surface area contributed by atoms with Crippen LogP contribution < -0.4 is 10.6 Å². The van der Waals surface area contributed by atoms with Gasteiger partial charge in [0.15, 0.2) is 4.47 Å². The summed E-state index contributed by atoms with van der Waals surface area (Å²) in [5.41, 5.74) is 3.46. The highest BCUT2D eigenvalue weighted by Gasteiger charge is 2.12. The Kier molecular flexibility index (Phi) is 5.16. The second-order valence-corrected chi connectivity index (χ2v) is 7.11. The molecule has 0 radical (unpaired) electrons. The van der Waals surface area contributed by atoms with Crippen molar-refractivity contribution in [3.05, 3.63) is 73.7 Å².